The number of hydrogen-bond donors (Lipinski definition) is 1. The lowest BCUT2D eigenvalue weighted by Gasteiger charge is -2.14. The Kier molecular flexibility index (Phi) is 7.00. The van der Waals surface area contributed by atoms with Crippen LogP contribution in [0.15, 0.2) is 47.8 Å². The van der Waals surface area contributed by atoms with E-state index in [-0.39, 0.29) is 17.7 Å². The number of nitrogens with one attached hydrogen (secondary N) is 1. The predicted molar refractivity (Wildman–Crippen MR) is 114 cm³/mol. The van der Waals surface area contributed by atoms with E-state index in [0.717, 1.165) is 16.9 Å². The van der Waals surface area contributed by atoms with Gasteiger partial charge < -0.3 is 10.1 Å². The molecule has 7 nitrogen and oxygen atoms in total. The molecule has 0 aliphatic rings. The molecular weight excluding hydrogens is 386 g/mol. The van der Waals surface area contributed by atoms with E-state index in [9.17, 15) is 4.79 Å². The summed E-state index contributed by atoms with van der Waals surface area (Å²) in [6.45, 7) is 6.49. The zero-order valence-corrected chi connectivity index (χ0v) is 17.9. The minimum atomic E-state index is -0.0749. The maximum Gasteiger partial charge on any atom is 0.230 e. The maximum absolute atomic E-state index is 12.3. The molecule has 1 amide bonds. The van der Waals surface area contributed by atoms with Crippen molar-refractivity contribution < 1.29 is 9.53 Å². The molecule has 1 aromatic carbocycles. The summed E-state index contributed by atoms with van der Waals surface area (Å²) in [6, 6.07) is 11.9. The fraction of sp³-hybridized carbons (Fsp3) is 0.333. The number of carbonyl (C=O) groups excluding carboxylic acids is 1. The third-order valence-corrected chi connectivity index (χ3v) is 5.21. The monoisotopic (exact) mass is 411 g/mol. The lowest BCUT2D eigenvalue weighted by molar-refractivity contribution is -0.119. The molecule has 1 atom stereocenters. The van der Waals surface area contributed by atoms with Gasteiger partial charge in [-0.2, -0.15) is 0 Å². The van der Waals surface area contributed by atoms with Crippen LogP contribution in [-0.2, 0) is 9.53 Å². The van der Waals surface area contributed by atoms with Gasteiger partial charge in [0.1, 0.15) is 5.69 Å². The molecule has 3 aromatic rings. The molecule has 0 radical (unpaired) electrons. The molecule has 0 fully saturated rings. The first kappa shape index (κ1) is 21.0. The Morgan fingerprint density at radius 3 is 2.76 bits per heavy atom. The number of benzene rings is 1. The summed E-state index contributed by atoms with van der Waals surface area (Å²) >= 11 is 1.35. The number of carbonyl (C=O) groups is 1. The van der Waals surface area contributed by atoms with Crippen LogP contribution >= 0.6 is 11.8 Å². The smallest absolute Gasteiger partial charge is 0.230 e. The van der Waals surface area contributed by atoms with Crippen molar-refractivity contribution in [2.45, 2.75) is 32.0 Å². The summed E-state index contributed by atoms with van der Waals surface area (Å²) in [5.74, 6) is 0.807. The van der Waals surface area contributed by atoms with Gasteiger partial charge in [-0.15, -0.1) is 10.2 Å². The number of rotatable bonds is 8. The largest absolute Gasteiger partial charge is 0.383 e. The Hall–Kier alpha value is -2.71. The highest BCUT2D eigenvalue weighted by Crippen LogP contribution is 2.29. The SMILES string of the molecule is COCC(C)NC(=O)CSc1nnc(-c2ccccn2)n1-c1ccc(C)cc1C. The average Bonchev–Trinajstić information content (AvgIpc) is 3.11. The van der Waals surface area contributed by atoms with Crippen LogP contribution in [0.3, 0.4) is 0 Å². The van der Waals surface area contributed by atoms with Crippen LogP contribution in [0.2, 0.25) is 0 Å². The Morgan fingerprint density at radius 2 is 2.07 bits per heavy atom. The molecule has 0 bridgehead atoms. The van der Waals surface area contributed by atoms with Gasteiger partial charge in [-0.05, 0) is 44.5 Å². The number of pyridine rings is 1. The number of ether oxygens (including phenoxy) is 1. The second-order valence-electron chi connectivity index (χ2n) is 6.86. The summed E-state index contributed by atoms with van der Waals surface area (Å²) in [5.41, 5.74) is 3.98. The first-order chi connectivity index (χ1) is 14.0. The lowest BCUT2D eigenvalue weighted by Crippen LogP contribution is -2.36. The quantitative estimate of drug-likeness (QED) is 0.573. The van der Waals surface area contributed by atoms with E-state index in [4.69, 9.17) is 4.74 Å². The summed E-state index contributed by atoms with van der Waals surface area (Å²) < 4.78 is 7.03. The van der Waals surface area contributed by atoms with E-state index in [0.29, 0.717) is 17.6 Å². The van der Waals surface area contributed by atoms with E-state index in [1.165, 1.54) is 17.3 Å². The van der Waals surface area contributed by atoms with Gasteiger partial charge in [0.15, 0.2) is 11.0 Å². The number of nitrogens with zero attached hydrogens (tertiary/aromatic N) is 4. The average molecular weight is 412 g/mol. The van der Waals surface area contributed by atoms with Crippen LogP contribution in [0.1, 0.15) is 18.1 Å². The molecule has 29 heavy (non-hydrogen) atoms. The van der Waals surface area contributed by atoms with Gasteiger partial charge in [-0.25, -0.2) is 0 Å². The highest BCUT2D eigenvalue weighted by molar-refractivity contribution is 7.99. The standard InChI is InChI=1S/C21H25N5O2S/c1-14-8-9-18(15(2)11-14)26-20(17-7-5-6-10-22-17)24-25-21(26)29-13-19(27)23-16(3)12-28-4/h5-11,16H,12-13H2,1-4H3,(H,23,27). The van der Waals surface area contributed by atoms with Gasteiger partial charge in [-0.1, -0.05) is 35.5 Å². The van der Waals surface area contributed by atoms with Gasteiger partial charge in [-0.3, -0.25) is 14.3 Å². The van der Waals surface area contributed by atoms with Crippen LogP contribution in [0, 0.1) is 13.8 Å². The molecule has 1 unspecified atom stereocenters. The molecule has 0 spiro atoms. The summed E-state index contributed by atoms with van der Waals surface area (Å²) in [5, 5.41) is 12.3. The minimum absolute atomic E-state index is 0.0469. The van der Waals surface area contributed by atoms with Crippen LogP contribution in [0.4, 0.5) is 0 Å². The normalized spacial score (nSPS) is 12.0. The number of methoxy groups -OCH3 is 1. The third-order valence-electron chi connectivity index (χ3n) is 4.28. The van der Waals surface area contributed by atoms with Crippen molar-refractivity contribution in [3.63, 3.8) is 0 Å². The number of thioether (sulfide) groups is 1. The molecule has 0 aliphatic heterocycles. The molecule has 3 rings (SSSR count). The van der Waals surface area contributed by atoms with Crippen molar-refractivity contribution >= 4 is 17.7 Å². The van der Waals surface area contributed by atoms with Crippen molar-refractivity contribution in [1.29, 1.82) is 0 Å². The second-order valence-corrected chi connectivity index (χ2v) is 7.80. The molecular formula is C21H25N5O2S. The van der Waals surface area contributed by atoms with E-state index in [2.05, 4.69) is 46.5 Å². The van der Waals surface area contributed by atoms with Crippen LogP contribution in [0.5, 0.6) is 0 Å². The predicted octanol–water partition coefficient (Wildman–Crippen LogP) is 3.19. The molecule has 0 aliphatic carbocycles. The van der Waals surface area contributed by atoms with Crippen molar-refractivity contribution in [3.8, 4) is 17.2 Å². The summed E-state index contributed by atoms with van der Waals surface area (Å²) in [4.78, 5) is 16.7. The highest BCUT2D eigenvalue weighted by atomic mass is 32.2. The number of aromatic nitrogens is 4. The van der Waals surface area contributed by atoms with Crippen molar-refractivity contribution in [2.75, 3.05) is 19.5 Å². The minimum Gasteiger partial charge on any atom is -0.383 e. The van der Waals surface area contributed by atoms with E-state index >= 15 is 0 Å². The van der Waals surface area contributed by atoms with Crippen LogP contribution in [-0.4, -0.2) is 51.2 Å². The van der Waals surface area contributed by atoms with Crippen molar-refractivity contribution in [3.05, 3.63) is 53.7 Å². The molecule has 1 N–H and O–H groups in total. The van der Waals surface area contributed by atoms with E-state index in [1.807, 2.05) is 35.8 Å². The molecule has 152 valence electrons. The zero-order valence-electron chi connectivity index (χ0n) is 17.0. The highest BCUT2D eigenvalue weighted by Gasteiger charge is 2.19. The molecule has 2 heterocycles. The molecule has 0 saturated heterocycles. The van der Waals surface area contributed by atoms with Gasteiger partial charge in [0.2, 0.25) is 5.91 Å². The second kappa shape index (κ2) is 9.67. The Labute approximate surface area is 174 Å². The maximum atomic E-state index is 12.3. The lowest BCUT2D eigenvalue weighted by atomic mass is 10.1. The number of amides is 1. The molecule has 0 saturated carbocycles. The number of hydrogen-bond acceptors (Lipinski definition) is 6. The van der Waals surface area contributed by atoms with Gasteiger partial charge >= 0.3 is 0 Å². The van der Waals surface area contributed by atoms with E-state index < -0.39 is 0 Å². The van der Waals surface area contributed by atoms with Crippen LogP contribution < -0.4 is 5.32 Å². The summed E-state index contributed by atoms with van der Waals surface area (Å²) in [7, 11) is 1.61. The first-order valence-corrected chi connectivity index (χ1v) is 10.3. The Balaban J connectivity index is 1.91. The zero-order chi connectivity index (χ0) is 20.8. The fourth-order valence-electron chi connectivity index (χ4n) is 3.04. The van der Waals surface area contributed by atoms with Crippen LogP contribution in [0.25, 0.3) is 17.2 Å². The van der Waals surface area contributed by atoms with Crippen molar-refractivity contribution in [2.24, 2.45) is 0 Å². The Morgan fingerprint density at radius 1 is 1.24 bits per heavy atom. The van der Waals surface area contributed by atoms with Gasteiger partial charge in [0, 0.05) is 19.3 Å². The number of aryl methyl sites for hydroxylation is 2. The fourth-order valence-corrected chi connectivity index (χ4v) is 3.79. The van der Waals surface area contributed by atoms with Gasteiger partial charge in [0.25, 0.3) is 0 Å². The summed E-state index contributed by atoms with van der Waals surface area (Å²) in [6.07, 6.45) is 1.73. The molecule has 2 aromatic heterocycles. The van der Waals surface area contributed by atoms with Crippen molar-refractivity contribution in [1.82, 2.24) is 25.1 Å². The first-order valence-electron chi connectivity index (χ1n) is 9.35. The molecule has 8 heteroatoms. The topological polar surface area (TPSA) is 81.9 Å². The Bertz CT molecular complexity index is 974. The third kappa shape index (κ3) is 5.21. The van der Waals surface area contributed by atoms with E-state index in [1.54, 1.807) is 13.3 Å². The van der Waals surface area contributed by atoms with Gasteiger partial charge in [0.05, 0.1) is 18.0 Å².